The molecule has 0 saturated carbocycles. The number of unbranched alkanes of at least 4 members (excludes halogenated alkanes) is 1. The van der Waals surface area contributed by atoms with Gasteiger partial charge in [-0.3, -0.25) is 0 Å². The summed E-state index contributed by atoms with van der Waals surface area (Å²) in [7, 11) is 0. The number of nitrogens with zero attached hydrogens (tertiary/aromatic N) is 2. The Morgan fingerprint density at radius 3 is 2.68 bits per heavy atom. The Morgan fingerprint density at radius 2 is 2.00 bits per heavy atom. The fraction of sp³-hybridized carbons (Fsp3) is 0.250. The highest BCUT2D eigenvalue weighted by Crippen LogP contribution is 2.31. The number of hydrogen-bond acceptors (Lipinski definition) is 3. The van der Waals surface area contributed by atoms with Gasteiger partial charge in [-0.25, -0.2) is 4.39 Å². The molecular weight excluding hydrogens is 283 g/mol. The van der Waals surface area contributed by atoms with Crippen molar-refractivity contribution >= 4 is 22.9 Å². The smallest absolute Gasteiger partial charge is 0.211 e. The number of guanidine groups is 1. The topological polar surface area (TPSA) is 86.0 Å². The first kappa shape index (κ1) is 15.8. The van der Waals surface area contributed by atoms with Crippen LogP contribution in [-0.4, -0.2) is 18.8 Å². The van der Waals surface area contributed by atoms with Gasteiger partial charge < -0.3 is 16.2 Å². The lowest BCUT2D eigenvalue weighted by atomic mass is 10.0. The first-order valence-electron chi connectivity index (χ1n) is 7.09. The van der Waals surface area contributed by atoms with Gasteiger partial charge in [0, 0.05) is 16.3 Å². The average molecular weight is 302 g/mol. The molecule has 0 aliphatic carbocycles. The zero-order chi connectivity index (χ0) is 15.9. The van der Waals surface area contributed by atoms with Crippen molar-refractivity contribution in [1.82, 2.24) is 0 Å². The van der Waals surface area contributed by atoms with Crippen LogP contribution in [0.1, 0.15) is 25.3 Å². The quantitative estimate of drug-likeness (QED) is 0.372. The van der Waals surface area contributed by atoms with Crippen molar-refractivity contribution in [3.05, 3.63) is 41.7 Å². The van der Waals surface area contributed by atoms with Crippen LogP contribution in [0.5, 0.6) is 5.75 Å². The largest absolute Gasteiger partial charge is 0.492 e. The van der Waals surface area contributed by atoms with Gasteiger partial charge in [0.1, 0.15) is 11.6 Å². The van der Waals surface area contributed by atoms with Crippen molar-refractivity contribution in [3.63, 3.8) is 0 Å². The van der Waals surface area contributed by atoms with E-state index in [4.69, 9.17) is 16.2 Å². The molecule has 6 heteroatoms. The first-order chi connectivity index (χ1) is 10.6. The van der Waals surface area contributed by atoms with E-state index in [9.17, 15) is 4.39 Å². The zero-order valence-corrected chi connectivity index (χ0v) is 12.4. The average Bonchev–Trinajstić information content (AvgIpc) is 2.50. The van der Waals surface area contributed by atoms with Crippen molar-refractivity contribution in [2.45, 2.75) is 19.8 Å². The number of nitrogens with two attached hydrogens (primary N) is 2. The second-order valence-electron chi connectivity index (χ2n) is 4.79. The van der Waals surface area contributed by atoms with Gasteiger partial charge in [-0.05, 0) is 12.5 Å². The van der Waals surface area contributed by atoms with Crippen LogP contribution < -0.4 is 16.2 Å². The molecule has 5 nitrogen and oxygen atoms in total. The van der Waals surface area contributed by atoms with Gasteiger partial charge in [-0.15, -0.1) is 5.10 Å². The summed E-state index contributed by atoms with van der Waals surface area (Å²) in [6, 6.07) is 8.53. The van der Waals surface area contributed by atoms with E-state index >= 15 is 0 Å². The van der Waals surface area contributed by atoms with E-state index < -0.39 is 0 Å². The number of halogens is 1. The van der Waals surface area contributed by atoms with E-state index in [1.54, 1.807) is 12.1 Å². The second kappa shape index (κ2) is 7.40. The predicted molar refractivity (Wildman–Crippen MR) is 87.7 cm³/mol. The molecule has 0 radical (unpaired) electrons. The predicted octanol–water partition coefficient (Wildman–Crippen LogP) is 2.77. The van der Waals surface area contributed by atoms with Gasteiger partial charge in [0.2, 0.25) is 5.96 Å². The Balaban J connectivity index is 2.50. The van der Waals surface area contributed by atoms with Crippen LogP contribution in [0.25, 0.3) is 10.8 Å². The molecule has 0 aliphatic heterocycles. The minimum Gasteiger partial charge on any atom is -0.492 e. The van der Waals surface area contributed by atoms with Gasteiger partial charge in [0.15, 0.2) is 0 Å². The summed E-state index contributed by atoms with van der Waals surface area (Å²) in [6.07, 6.45) is 3.31. The fourth-order valence-corrected chi connectivity index (χ4v) is 2.06. The van der Waals surface area contributed by atoms with Crippen LogP contribution >= 0.6 is 0 Å². The minimum atomic E-state index is -0.343. The normalized spacial score (nSPS) is 11.0. The monoisotopic (exact) mass is 302 g/mol. The lowest BCUT2D eigenvalue weighted by Crippen LogP contribution is -2.21. The molecule has 2 rings (SSSR count). The lowest BCUT2D eigenvalue weighted by Gasteiger charge is -2.12. The maximum atomic E-state index is 14.2. The third kappa shape index (κ3) is 3.72. The molecular formula is C16H19FN4O. The summed E-state index contributed by atoms with van der Waals surface area (Å²) >= 11 is 0. The summed E-state index contributed by atoms with van der Waals surface area (Å²) < 4.78 is 20.0. The van der Waals surface area contributed by atoms with E-state index in [-0.39, 0.29) is 11.8 Å². The van der Waals surface area contributed by atoms with Crippen LogP contribution in [0.3, 0.4) is 0 Å². The molecule has 22 heavy (non-hydrogen) atoms. The molecule has 0 saturated heterocycles. The molecule has 0 fully saturated rings. The molecule has 4 N–H and O–H groups in total. The minimum absolute atomic E-state index is 0.161. The zero-order valence-electron chi connectivity index (χ0n) is 12.4. The molecule has 0 atom stereocenters. The van der Waals surface area contributed by atoms with Crippen molar-refractivity contribution in [3.8, 4) is 5.75 Å². The Bertz CT molecular complexity index is 709. The molecule has 0 amide bonds. The van der Waals surface area contributed by atoms with E-state index in [2.05, 4.69) is 17.1 Å². The number of fused-ring (bicyclic) bond motifs is 1. The fourth-order valence-electron chi connectivity index (χ4n) is 2.06. The van der Waals surface area contributed by atoms with Crippen LogP contribution in [0, 0.1) is 5.82 Å². The summed E-state index contributed by atoms with van der Waals surface area (Å²) in [5.74, 6) is 0.0792. The molecule has 2 aromatic rings. The van der Waals surface area contributed by atoms with Gasteiger partial charge in [-0.2, -0.15) is 5.10 Å². The molecule has 0 aliphatic rings. The maximum absolute atomic E-state index is 14.2. The highest BCUT2D eigenvalue weighted by Gasteiger charge is 2.12. The number of rotatable bonds is 6. The van der Waals surface area contributed by atoms with Crippen LogP contribution in [0.2, 0.25) is 0 Å². The molecule has 116 valence electrons. The molecule has 0 bridgehead atoms. The van der Waals surface area contributed by atoms with E-state index in [0.29, 0.717) is 28.7 Å². The molecule has 0 unspecified atom stereocenters. The van der Waals surface area contributed by atoms with Crippen LogP contribution in [0.15, 0.2) is 40.5 Å². The van der Waals surface area contributed by atoms with Gasteiger partial charge in [-0.1, -0.05) is 37.6 Å². The highest BCUT2D eigenvalue weighted by atomic mass is 19.1. The third-order valence-electron chi connectivity index (χ3n) is 3.09. The number of benzene rings is 2. The molecule has 0 aromatic heterocycles. The Labute approximate surface area is 128 Å². The van der Waals surface area contributed by atoms with E-state index in [1.807, 2.05) is 12.1 Å². The van der Waals surface area contributed by atoms with Crippen molar-refractivity contribution in [1.29, 1.82) is 0 Å². The Hall–Kier alpha value is -2.63. The van der Waals surface area contributed by atoms with Crippen LogP contribution in [-0.2, 0) is 0 Å². The summed E-state index contributed by atoms with van der Waals surface area (Å²) in [5, 5.41) is 8.48. The van der Waals surface area contributed by atoms with Crippen LogP contribution in [0.4, 0.5) is 4.39 Å². The Morgan fingerprint density at radius 1 is 1.27 bits per heavy atom. The van der Waals surface area contributed by atoms with Gasteiger partial charge in [0.25, 0.3) is 0 Å². The number of ether oxygens (including phenoxy) is 1. The standard InChI is InChI=1S/C16H19FN4O/c1-2-3-8-22-15-11(10-20-21-16(18)19)9-14(17)12-6-4-5-7-13(12)15/h4-7,9-10H,2-3,8H2,1H3,(H4,18,19,21). The van der Waals surface area contributed by atoms with E-state index in [1.165, 1.54) is 12.3 Å². The van der Waals surface area contributed by atoms with Gasteiger partial charge >= 0.3 is 0 Å². The lowest BCUT2D eigenvalue weighted by molar-refractivity contribution is 0.312. The second-order valence-corrected chi connectivity index (χ2v) is 4.79. The van der Waals surface area contributed by atoms with Crippen molar-refractivity contribution in [2.24, 2.45) is 21.7 Å². The highest BCUT2D eigenvalue weighted by molar-refractivity contribution is 5.97. The first-order valence-corrected chi connectivity index (χ1v) is 7.09. The van der Waals surface area contributed by atoms with Gasteiger partial charge in [0.05, 0.1) is 12.8 Å². The molecule has 2 aromatic carbocycles. The summed E-state index contributed by atoms with van der Waals surface area (Å²) in [4.78, 5) is 0. The maximum Gasteiger partial charge on any atom is 0.211 e. The molecule has 0 spiro atoms. The summed E-state index contributed by atoms with van der Waals surface area (Å²) in [5.41, 5.74) is 10.9. The number of hydrogen-bond donors (Lipinski definition) is 2. The van der Waals surface area contributed by atoms with Crippen molar-refractivity contribution < 1.29 is 9.13 Å². The van der Waals surface area contributed by atoms with Crippen molar-refractivity contribution in [2.75, 3.05) is 6.61 Å². The third-order valence-corrected chi connectivity index (χ3v) is 3.09. The SMILES string of the molecule is CCCCOc1c(C=NN=C(N)N)cc(F)c2ccccc12. The van der Waals surface area contributed by atoms with E-state index in [0.717, 1.165) is 12.8 Å². The Kier molecular flexibility index (Phi) is 5.30. The summed E-state index contributed by atoms with van der Waals surface area (Å²) in [6.45, 7) is 2.63. The molecule has 0 heterocycles.